The van der Waals surface area contributed by atoms with Gasteiger partial charge in [0.2, 0.25) is 0 Å². The second-order valence-electron chi connectivity index (χ2n) is 8.85. The molecule has 1 amide bonds. The molecule has 2 fully saturated rings. The Balaban J connectivity index is 1.22. The summed E-state index contributed by atoms with van der Waals surface area (Å²) in [5, 5.41) is 2.91. The Bertz CT molecular complexity index is 1180. The van der Waals surface area contributed by atoms with E-state index >= 15 is 0 Å². The number of carbonyl (C=O) groups excluding carboxylic acids is 2. The number of amides is 1. The summed E-state index contributed by atoms with van der Waals surface area (Å²) in [5.41, 5.74) is 2.89. The standard InChI is InChI=1S/C28H25NO4/c1-19-15-22-18-32-27(31)28(22,16-19)17-20-7-9-21(10-8-20)26(30)29-23-11-13-25(14-12-23)33-24-5-3-2-4-6-24/h2-14,22H,1,15-18H2,(H,29,30). The summed E-state index contributed by atoms with van der Waals surface area (Å²) in [5.74, 6) is 1.35. The smallest absolute Gasteiger partial charge is 0.313 e. The molecule has 3 aromatic rings. The van der Waals surface area contributed by atoms with Crippen LogP contribution in [0, 0.1) is 11.3 Å². The largest absolute Gasteiger partial charge is 0.465 e. The van der Waals surface area contributed by atoms with Gasteiger partial charge in [-0.1, -0.05) is 42.5 Å². The van der Waals surface area contributed by atoms with E-state index in [4.69, 9.17) is 9.47 Å². The molecule has 3 aromatic carbocycles. The lowest BCUT2D eigenvalue weighted by molar-refractivity contribution is -0.146. The summed E-state index contributed by atoms with van der Waals surface area (Å²) in [7, 11) is 0. The molecule has 1 aliphatic carbocycles. The molecule has 1 aliphatic heterocycles. The Kier molecular flexibility index (Phi) is 5.47. The third-order valence-electron chi connectivity index (χ3n) is 6.53. The molecule has 1 saturated heterocycles. The van der Waals surface area contributed by atoms with Gasteiger partial charge in [-0.2, -0.15) is 0 Å². The number of hydrogen-bond acceptors (Lipinski definition) is 4. The number of carbonyl (C=O) groups is 2. The number of hydrogen-bond donors (Lipinski definition) is 1. The second kappa shape index (κ2) is 8.58. The van der Waals surface area contributed by atoms with Crippen molar-refractivity contribution in [3.8, 4) is 11.5 Å². The minimum absolute atomic E-state index is 0.118. The SMILES string of the molecule is C=C1CC2COC(=O)C2(Cc2ccc(C(=O)Nc3ccc(Oc4ccccc4)cc3)cc2)C1. The van der Waals surface area contributed by atoms with E-state index in [9.17, 15) is 9.59 Å². The lowest BCUT2D eigenvalue weighted by Gasteiger charge is -2.24. The summed E-state index contributed by atoms with van der Waals surface area (Å²) >= 11 is 0. The van der Waals surface area contributed by atoms with Crippen LogP contribution >= 0.6 is 0 Å². The molecule has 1 N–H and O–H groups in total. The van der Waals surface area contributed by atoms with Crippen molar-refractivity contribution in [1.82, 2.24) is 0 Å². The maximum atomic E-state index is 12.7. The third-order valence-corrected chi connectivity index (χ3v) is 6.53. The average Bonchev–Trinajstić information content (AvgIpc) is 3.29. The van der Waals surface area contributed by atoms with Crippen LogP contribution in [0.4, 0.5) is 5.69 Å². The summed E-state index contributed by atoms with van der Waals surface area (Å²) in [4.78, 5) is 25.2. The van der Waals surface area contributed by atoms with E-state index in [0.29, 0.717) is 36.4 Å². The molecular formula is C28H25NO4. The number of ether oxygens (including phenoxy) is 2. The maximum absolute atomic E-state index is 12.7. The highest BCUT2D eigenvalue weighted by atomic mass is 16.5. The fourth-order valence-corrected chi connectivity index (χ4v) is 4.84. The van der Waals surface area contributed by atoms with E-state index in [-0.39, 0.29) is 17.8 Å². The summed E-state index contributed by atoms with van der Waals surface area (Å²) in [6.45, 7) is 4.57. The predicted molar refractivity (Wildman–Crippen MR) is 126 cm³/mol. The van der Waals surface area contributed by atoms with Crippen LogP contribution in [0.1, 0.15) is 28.8 Å². The van der Waals surface area contributed by atoms with E-state index in [1.54, 1.807) is 12.1 Å². The minimum Gasteiger partial charge on any atom is -0.465 e. The first-order valence-electron chi connectivity index (χ1n) is 11.1. The summed E-state index contributed by atoms with van der Waals surface area (Å²) < 4.78 is 11.1. The summed E-state index contributed by atoms with van der Waals surface area (Å²) in [6, 6.07) is 24.2. The van der Waals surface area contributed by atoms with Gasteiger partial charge in [0, 0.05) is 17.2 Å². The van der Waals surface area contributed by atoms with Crippen molar-refractivity contribution in [1.29, 1.82) is 0 Å². The van der Waals surface area contributed by atoms with Gasteiger partial charge in [-0.25, -0.2) is 0 Å². The number of nitrogens with one attached hydrogen (secondary N) is 1. The molecule has 2 unspecified atom stereocenters. The highest BCUT2D eigenvalue weighted by Gasteiger charge is 2.55. The van der Waals surface area contributed by atoms with Crippen LogP contribution in [0.25, 0.3) is 0 Å². The van der Waals surface area contributed by atoms with Crippen LogP contribution in [0.5, 0.6) is 11.5 Å². The summed E-state index contributed by atoms with van der Waals surface area (Å²) in [6.07, 6.45) is 2.14. The Morgan fingerprint density at radius 3 is 2.42 bits per heavy atom. The predicted octanol–water partition coefficient (Wildman–Crippen LogP) is 5.78. The Labute approximate surface area is 193 Å². The van der Waals surface area contributed by atoms with E-state index in [1.807, 2.05) is 66.7 Å². The van der Waals surface area contributed by atoms with Gasteiger partial charge in [-0.05, 0) is 73.4 Å². The molecule has 0 bridgehead atoms. The van der Waals surface area contributed by atoms with Crippen LogP contribution in [0.15, 0.2) is 91.0 Å². The first-order valence-corrected chi connectivity index (χ1v) is 11.1. The zero-order valence-corrected chi connectivity index (χ0v) is 18.3. The quantitative estimate of drug-likeness (QED) is 0.390. The van der Waals surface area contributed by atoms with E-state index in [1.165, 1.54) is 0 Å². The molecule has 5 heteroatoms. The van der Waals surface area contributed by atoms with Gasteiger partial charge in [0.05, 0.1) is 12.0 Å². The number of fused-ring (bicyclic) bond motifs is 1. The van der Waals surface area contributed by atoms with Crippen LogP contribution in [-0.4, -0.2) is 18.5 Å². The van der Waals surface area contributed by atoms with Gasteiger partial charge in [0.15, 0.2) is 0 Å². The van der Waals surface area contributed by atoms with Crippen LogP contribution in [0.2, 0.25) is 0 Å². The Morgan fingerprint density at radius 2 is 1.70 bits per heavy atom. The van der Waals surface area contributed by atoms with E-state index < -0.39 is 5.41 Å². The topological polar surface area (TPSA) is 64.6 Å². The monoisotopic (exact) mass is 439 g/mol. The van der Waals surface area contributed by atoms with Crippen molar-refractivity contribution >= 4 is 17.6 Å². The van der Waals surface area contributed by atoms with Gasteiger partial charge in [-0.3, -0.25) is 9.59 Å². The molecule has 1 saturated carbocycles. The molecule has 0 radical (unpaired) electrons. The van der Waals surface area contributed by atoms with Gasteiger partial charge in [-0.15, -0.1) is 0 Å². The molecule has 5 rings (SSSR count). The molecule has 1 heterocycles. The second-order valence-corrected chi connectivity index (χ2v) is 8.85. The zero-order chi connectivity index (χ0) is 22.8. The van der Waals surface area contributed by atoms with Gasteiger partial charge in [0.25, 0.3) is 5.91 Å². The molecule has 2 aliphatic rings. The molecule has 0 spiro atoms. The van der Waals surface area contributed by atoms with E-state index in [0.717, 1.165) is 23.3 Å². The van der Waals surface area contributed by atoms with Crippen molar-refractivity contribution in [3.05, 3.63) is 102 Å². The fourth-order valence-electron chi connectivity index (χ4n) is 4.84. The van der Waals surface area contributed by atoms with Crippen LogP contribution < -0.4 is 10.1 Å². The van der Waals surface area contributed by atoms with Crippen molar-refractivity contribution in [3.63, 3.8) is 0 Å². The van der Waals surface area contributed by atoms with E-state index in [2.05, 4.69) is 11.9 Å². The molecule has 0 aromatic heterocycles. The zero-order valence-electron chi connectivity index (χ0n) is 18.3. The lowest BCUT2D eigenvalue weighted by atomic mass is 9.75. The molecule has 33 heavy (non-hydrogen) atoms. The average molecular weight is 440 g/mol. The van der Waals surface area contributed by atoms with Crippen molar-refractivity contribution < 1.29 is 19.1 Å². The van der Waals surface area contributed by atoms with Gasteiger partial charge < -0.3 is 14.8 Å². The third kappa shape index (κ3) is 4.27. The highest BCUT2D eigenvalue weighted by molar-refractivity contribution is 6.04. The number of anilines is 1. The number of esters is 1. The Morgan fingerprint density at radius 1 is 1.00 bits per heavy atom. The van der Waals surface area contributed by atoms with Crippen molar-refractivity contribution in [2.24, 2.45) is 11.3 Å². The normalized spacial score (nSPS) is 21.4. The number of allylic oxidation sites excluding steroid dienone is 1. The highest BCUT2D eigenvalue weighted by Crippen LogP contribution is 2.52. The molecule has 166 valence electrons. The Hall–Kier alpha value is -3.86. The first-order chi connectivity index (χ1) is 16.0. The van der Waals surface area contributed by atoms with Crippen molar-refractivity contribution in [2.75, 3.05) is 11.9 Å². The van der Waals surface area contributed by atoms with Crippen LogP contribution in [-0.2, 0) is 16.0 Å². The lowest BCUT2D eigenvalue weighted by Crippen LogP contribution is -2.31. The number of para-hydroxylation sites is 1. The maximum Gasteiger partial charge on any atom is 0.313 e. The molecule has 2 atom stereocenters. The number of rotatable bonds is 6. The van der Waals surface area contributed by atoms with Gasteiger partial charge in [0.1, 0.15) is 11.5 Å². The van der Waals surface area contributed by atoms with Crippen LogP contribution in [0.3, 0.4) is 0 Å². The molecule has 5 nitrogen and oxygen atoms in total. The fraction of sp³-hybridized carbons (Fsp3) is 0.214. The molecular weight excluding hydrogens is 414 g/mol. The number of cyclic esters (lactones) is 1. The first kappa shape index (κ1) is 21.0. The van der Waals surface area contributed by atoms with Crippen molar-refractivity contribution in [2.45, 2.75) is 19.3 Å². The van der Waals surface area contributed by atoms with Gasteiger partial charge >= 0.3 is 5.97 Å². The number of benzene rings is 3. The minimum atomic E-state index is -0.496.